The smallest absolute Gasteiger partial charge is 0.0544 e. The van der Waals surface area contributed by atoms with Gasteiger partial charge in [0.1, 0.15) is 0 Å². The van der Waals surface area contributed by atoms with Gasteiger partial charge in [-0.2, -0.15) is 0 Å². The number of rotatable bonds is 0. The van der Waals surface area contributed by atoms with E-state index in [9.17, 15) is 5.11 Å². The topological polar surface area (TPSA) is 35.5 Å². The maximum atomic E-state index is 10.1. The Morgan fingerprint density at radius 1 is 1.00 bits per heavy atom. The van der Waals surface area contributed by atoms with Gasteiger partial charge in [-0.25, -0.2) is 0 Å². The molecule has 2 heterocycles. The molecule has 0 amide bonds. The Labute approximate surface area is 129 Å². The highest BCUT2D eigenvalue weighted by Gasteiger charge is 2.56. The van der Waals surface area contributed by atoms with Gasteiger partial charge in [-0.3, -0.25) is 0 Å². The molecule has 2 aliphatic heterocycles. The van der Waals surface area contributed by atoms with Crippen molar-refractivity contribution in [1.82, 2.24) is 10.2 Å². The number of nitrogens with one attached hydrogen (secondary N) is 1. The first-order valence-electron chi connectivity index (χ1n) is 9.19. The molecule has 2 aliphatic carbocycles. The van der Waals surface area contributed by atoms with Crippen LogP contribution in [0.15, 0.2) is 0 Å². The van der Waals surface area contributed by atoms with Crippen LogP contribution in [0.2, 0.25) is 0 Å². The fourth-order valence-corrected chi connectivity index (χ4v) is 6.59. The highest BCUT2D eigenvalue weighted by Crippen LogP contribution is 2.53. The zero-order valence-corrected chi connectivity index (χ0v) is 13.8. The van der Waals surface area contributed by atoms with Crippen molar-refractivity contribution < 1.29 is 5.11 Å². The molecule has 3 heteroatoms. The molecule has 2 N–H and O–H groups in total. The van der Waals surface area contributed by atoms with E-state index in [-0.39, 0.29) is 6.10 Å². The van der Waals surface area contributed by atoms with Crippen LogP contribution in [0.1, 0.15) is 39.5 Å². The Hall–Kier alpha value is -0.120. The number of aliphatic hydroxyl groups is 1. The second-order valence-corrected chi connectivity index (χ2v) is 8.60. The Kier molecular flexibility index (Phi) is 3.59. The molecule has 9 atom stereocenters. The summed E-state index contributed by atoms with van der Waals surface area (Å²) < 4.78 is 0. The normalized spacial score (nSPS) is 57.4. The molecule has 4 fully saturated rings. The lowest BCUT2D eigenvalue weighted by Gasteiger charge is -2.53. The van der Waals surface area contributed by atoms with Crippen LogP contribution in [0.4, 0.5) is 0 Å². The van der Waals surface area contributed by atoms with E-state index >= 15 is 0 Å². The van der Waals surface area contributed by atoms with Crippen LogP contribution < -0.4 is 5.32 Å². The lowest BCUT2D eigenvalue weighted by atomic mass is 9.56. The summed E-state index contributed by atoms with van der Waals surface area (Å²) in [6, 6.07) is 1.40. The average molecular weight is 292 g/mol. The van der Waals surface area contributed by atoms with E-state index < -0.39 is 0 Å². The van der Waals surface area contributed by atoms with Crippen LogP contribution in [-0.2, 0) is 0 Å². The second-order valence-electron chi connectivity index (χ2n) is 8.60. The van der Waals surface area contributed by atoms with Gasteiger partial charge in [0, 0.05) is 18.6 Å². The molecule has 21 heavy (non-hydrogen) atoms. The Balaban J connectivity index is 1.61. The van der Waals surface area contributed by atoms with E-state index in [1.54, 1.807) is 0 Å². The van der Waals surface area contributed by atoms with Gasteiger partial charge in [-0.15, -0.1) is 0 Å². The van der Waals surface area contributed by atoms with Gasteiger partial charge in [-0.05, 0) is 74.8 Å². The molecule has 3 nitrogen and oxygen atoms in total. The minimum atomic E-state index is -0.0407. The van der Waals surface area contributed by atoms with Crippen molar-refractivity contribution in [1.29, 1.82) is 0 Å². The van der Waals surface area contributed by atoms with E-state index in [4.69, 9.17) is 0 Å². The fraction of sp³-hybridized carbons (Fsp3) is 1.00. The Bertz CT molecular complexity index is 397. The summed E-state index contributed by atoms with van der Waals surface area (Å²) in [4.78, 5) is 2.54. The number of hydrogen-bond donors (Lipinski definition) is 2. The first-order chi connectivity index (χ1) is 10.1. The number of hydrogen-bond acceptors (Lipinski definition) is 3. The lowest BCUT2D eigenvalue weighted by molar-refractivity contribution is -0.0323. The molecule has 120 valence electrons. The molecule has 0 aromatic heterocycles. The van der Waals surface area contributed by atoms with Crippen LogP contribution in [0.5, 0.6) is 0 Å². The van der Waals surface area contributed by atoms with Crippen molar-refractivity contribution in [3.05, 3.63) is 0 Å². The Morgan fingerprint density at radius 3 is 2.62 bits per heavy atom. The predicted octanol–water partition coefficient (Wildman–Crippen LogP) is 1.96. The standard InChI is InChI=1S/C18H32N2O/c1-10-15-9-20(3)7-6-13(15)11(2)18-17(10)14-8-12(21)4-5-16(14)19-18/h10-19,21H,4-9H2,1-3H3. The molecule has 4 rings (SSSR count). The summed E-state index contributed by atoms with van der Waals surface area (Å²) in [6.07, 6.45) is 4.58. The van der Waals surface area contributed by atoms with E-state index in [0.717, 1.165) is 48.3 Å². The first kappa shape index (κ1) is 14.5. The van der Waals surface area contributed by atoms with E-state index in [2.05, 4.69) is 31.1 Å². The third-order valence-electron chi connectivity index (χ3n) is 7.63. The quantitative estimate of drug-likeness (QED) is 0.716. The van der Waals surface area contributed by atoms with Crippen LogP contribution in [0.3, 0.4) is 0 Å². The third-order valence-corrected chi connectivity index (χ3v) is 7.63. The largest absolute Gasteiger partial charge is 0.393 e. The van der Waals surface area contributed by atoms with Crippen LogP contribution >= 0.6 is 0 Å². The van der Waals surface area contributed by atoms with Crippen molar-refractivity contribution in [2.75, 3.05) is 20.1 Å². The molecule has 0 aromatic carbocycles. The minimum Gasteiger partial charge on any atom is -0.393 e. The molecule has 2 saturated carbocycles. The maximum Gasteiger partial charge on any atom is 0.0544 e. The molecular formula is C18H32N2O. The van der Waals surface area contributed by atoms with E-state index in [1.165, 1.54) is 25.9 Å². The highest BCUT2D eigenvalue weighted by atomic mass is 16.3. The van der Waals surface area contributed by atoms with Gasteiger partial charge < -0.3 is 15.3 Å². The van der Waals surface area contributed by atoms with E-state index in [0.29, 0.717) is 12.1 Å². The van der Waals surface area contributed by atoms with Gasteiger partial charge in [0.2, 0.25) is 0 Å². The fourth-order valence-electron chi connectivity index (χ4n) is 6.59. The molecule has 2 saturated heterocycles. The van der Waals surface area contributed by atoms with Crippen molar-refractivity contribution in [3.63, 3.8) is 0 Å². The SMILES string of the molecule is CC1C2CCN(C)CC2C(C)C2C3CC(O)CCC3NC12. The first-order valence-corrected chi connectivity index (χ1v) is 9.19. The predicted molar refractivity (Wildman–Crippen MR) is 85.0 cm³/mol. The van der Waals surface area contributed by atoms with Crippen molar-refractivity contribution in [3.8, 4) is 0 Å². The summed E-state index contributed by atoms with van der Waals surface area (Å²) in [6.45, 7) is 7.60. The van der Waals surface area contributed by atoms with Crippen molar-refractivity contribution >= 4 is 0 Å². The van der Waals surface area contributed by atoms with E-state index in [1.807, 2.05) is 0 Å². The van der Waals surface area contributed by atoms with Gasteiger partial charge in [0.05, 0.1) is 6.10 Å². The van der Waals surface area contributed by atoms with Crippen LogP contribution in [-0.4, -0.2) is 48.3 Å². The zero-order chi connectivity index (χ0) is 14.7. The maximum absolute atomic E-state index is 10.1. The monoisotopic (exact) mass is 292 g/mol. The van der Waals surface area contributed by atoms with Gasteiger partial charge >= 0.3 is 0 Å². The molecular weight excluding hydrogens is 260 g/mol. The van der Waals surface area contributed by atoms with Crippen molar-refractivity contribution in [2.45, 2.75) is 57.7 Å². The molecule has 4 aliphatic rings. The Morgan fingerprint density at radius 2 is 1.81 bits per heavy atom. The molecule has 0 bridgehead atoms. The second kappa shape index (κ2) is 5.21. The summed E-state index contributed by atoms with van der Waals surface area (Å²) in [5.74, 6) is 4.94. The number of piperidine rings is 1. The van der Waals surface area contributed by atoms with Crippen LogP contribution in [0.25, 0.3) is 0 Å². The van der Waals surface area contributed by atoms with Gasteiger partial charge in [-0.1, -0.05) is 13.8 Å². The molecule has 0 radical (unpaired) electrons. The van der Waals surface area contributed by atoms with Gasteiger partial charge in [0.15, 0.2) is 0 Å². The number of nitrogens with zero attached hydrogens (tertiary/aromatic N) is 1. The number of fused-ring (bicyclic) bond motifs is 4. The third kappa shape index (κ3) is 2.19. The minimum absolute atomic E-state index is 0.0407. The average Bonchev–Trinajstić information content (AvgIpc) is 2.83. The highest BCUT2D eigenvalue weighted by molar-refractivity contribution is 5.09. The summed E-state index contributed by atoms with van der Waals surface area (Å²) in [5.41, 5.74) is 0. The van der Waals surface area contributed by atoms with Crippen LogP contribution in [0, 0.1) is 35.5 Å². The molecule has 9 unspecified atom stereocenters. The number of aliphatic hydroxyl groups excluding tert-OH is 1. The summed E-state index contributed by atoms with van der Waals surface area (Å²) >= 11 is 0. The molecule has 0 spiro atoms. The zero-order valence-electron chi connectivity index (χ0n) is 13.8. The van der Waals surface area contributed by atoms with Crippen molar-refractivity contribution in [2.24, 2.45) is 35.5 Å². The lowest BCUT2D eigenvalue weighted by Crippen LogP contribution is -2.55. The van der Waals surface area contributed by atoms with Gasteiger partial charge in [0.25, 0.3) is 0 Å². The summed E-state index contributed by atoms with van der Waals surface area (Å²) in [5, 5.41) is 14.2. The molecule has 0 aromatic rings. The summed E-state index contributed by atoms with van der Waals surface area (Å²) in [7, 11) is 2.29. The number of likely N-dealkylation sites (tertiary alicyclic amines) is 1.